The van der Waals surface area contributed by atoms with Crippen LogP contribution in [0.4, 0.5) is 11.4 Å². The van der Waals surface area contributed by atoms with Crippen molar-refractivity contribution in [3.8, 4) is 0 Å². The topological polar surface area (TPSA) is 15.3 Å². The lowest BCUT2D eigenvalue weighted by molar-refractivity contribution is 1.01. The highest BCUT2D eigenvalue weighted by molar-refractivity contribution is 7.87. The summed E-state index contributed by atoms with van der Waals surface area (Å²) in [6.07, 6.45) is 0. The van der Waals surface area contributed by atoms with Crippen LogP contribution in [0.15, 0.2) is 24.3 Å². The molecule has 0 spiro atoms. The molecule has 0 fully saturated rings. The summed E-state index contributed by atoms with van der Waals surface area (Å²) in [6.45, 7) is 0. The maximum Gasteiger partial charge on any atom is 0.123 e. The van der Waals surface area contributed by atoms with E-state index in [1.807, 2.05) is 31.3 Å². The van der Waals surface area contributed by atoms with E-state index in [2.05, 4.69) is 22.8 Å². The van der Waals surface area contributed by atoms with E-state index in [4.69, 9.17) is 12.2 Å². The Labute approximate surface area is 88.3 Å². The molecular formula is C9H10N2S2. The molecule has 0 saturated carbocycles. The van der Waals surface area contributed by atoms with Gasteiger partial charge in [0.2, 0.25) is 0 Å². The van der Waals surface area contributed by atoms with Gasteiger partial charge in [0.25, 0.3) is 0 Å². The maximum absolute atomic E-state index is 5.15. The number of fused-ring (bicyclic) bond motifs is 1. The molecule has 1 atom stereocenters. The van der Waals surface area contributed by atoms with Gasteiger partial charge >= 0.3 is 0 Å². The first-order chi connectivity index (χ1) is 6.20. The SMILES string of the molecule is CN1c2ccccc2NC(=S)C1S. The van der Waals surface area contributed by atoms with Crippen LogP contribution >= 0.6 is 24.8 Å². The Morgan fingerprint density at radius 2 is 2.15 bits per heavy atom. The Morgan fingerprint density at radius 1 is 1.46 bits per heavy atom. The molecular weight excluding hydrogens is 200 g/mol. The summed E-state index contributed by atoms with van der Waals surface area (Å²) in [5.74, 6) is 0. The quantitative estimate of drug-likeness (QED) is 0.504. The number of anilines is 2. The number of rotatable bonds is 0. The van der Waals surface area contributed by atoms with Gasteiger partial charge in [0.1, 0.15) is 10.4 Å². The molecule has 68 valence electrons. The van der Waals surface area contributed by atoms with Crippen molar-refractivity contribution < 1.29 is 0 Å². The number of thiol groups is 1. The summed E-state index contributed by atoms with van der Waals surface area (Å²) in [7, 11) is 1.99. The van der Waals surface area contributed by atoms with Gasteiger partial charge in [-0.15, -0.1) is 12.6 Å². The smallest absolute Gasteiger partial charge is 0.123 e. The van der Waals surface area contributed by atoms with Gasteiger partial charge in [0.15, 0.2) is 0 Å². The van der Waals surface area contributed by atoms with Gasteiger partial charge in [-0.3, -0.25) is 0 Å². The van der Waals surface area contributed by atoms with E-state index in [0.29, 0.717) is 0 Å². The fourth-order valence-corrected chi connectivity index (χ4v) is 1.85. The zero-order chi connectivity index (χ0) is 9.42. The molecule has 2 rings (SSSR count). The van der Waals surface area contributed by atoms with Gasteiger partial charge in [0, 0.05) is 7.05 Å². The summed E-state index contributed by atoms with van der Waals surface area (Å²) in [5, 5.41) is 3.13. The van der Waals surface area contributed by atoms with Crippen LogP contribution in [0.5, 0.6) is 0 Å². The highest BCUT2D eigenvalue weighted by Gasteiger charge is 2.23. The first-order valence-electron chi connectivity index (χ1n) is 4.01. The zero-order valence-electron chi connectivity index (χ0n) is 7.19. The van der Waals surface area contributed by atoms with Gasteiger partial charge in [-0.1, -0.05) is 24.4 Å². The van der Waals surface area contributed by atoms with Gasteiger partial charge in [-0.25, -0.2) is 0 Å². The predicted octanol–water partition coefficient (Wildman–Crippen LogP) is 2.13. The van der Waals surface area contributed by atoms with Crippen molar-refractivity contribution in [2.75, 3.05) is 17.3 Å². The molecule has 0 aliphatic carbocycles. The third-order valence-electron chi connectivity index (χ3n) is 2.14. The molecule has 1 aliphatic heterocycles. The molecule has 13 heavy (non-hydrogen) atoms. The number of para-hydroxylation sites is 2. The number of nitrogens with one attached hydrogen (secondary N) is 1. The van der Waals surface area contributed by atoms with Crippen LogP contribution < -0.4 is 10.2 Å². The van der Waals surface area contributed by atoms with Crippen LogP contribution in [0, 0.1) is 0 Å². The molecule has 1 aromatic rings. The normalized spacial score (nSPS) is 20.9. The first-order valence-corrected chi connectivity index (χ1v) is 4.93. The molecule has 2 nitrogen and oxygen atoms in total. The molecule has 0 aromatic heterocycles. The number of likely N-dealkylation sites (N-methyl/N-ethyl adjacent to an activating group) is 1. The molecule has 0 amide bonds. The molecule has 0 bridgehead atoms. The number of hydrogen-bond donors (Lipinski definition) is 2. The summed E-state index contributed by atoms with van der Waals surface area (Å²) in [5.41, 5.74) is 2.19. The Morgan fingerprint density at radius 3 is 2.92 bits per heavy atom. The monoisotopic (exact) mass is 210 g/mol. The number of nitrogens with zero attached hydrogens (tertiary/aromatic N) is 1. The van der Waals surface area contributed by atoms with Crippen LogP contribution in [0.25, 0.3) is 0 Å². The van der Waals surface area contributed by atoms with Crippen molar-refractivity contribution in [3.63, 3.8) is 0 Å². The minimum Gasteiger partial charge on any atom is -0.355 e. The fourth-order valence-electron chi connectivity index (χ4n) is 1.39. The highest BCUT2D eigenvalue weighted by Crippen LogP contribution is 2.31. The fraction of sp³-hybridized carbons (Fsp3) is 0.222. The summed E-state index contributed by atoms with van der Waals surface area (Å²) >= 11 is 9.55. The van der Waals surface area contributed by atoms with E-state index < -0.39 is 0 Å². The average molecular weight is 210 g/mol. The third-order valence-corrected chi connectivity index (χ3v) is 3.25. The first kappa shape index (κ1) is 8.84. The van der Waals surface area contributed by atoms with Crippen LogP contribution in [0.3, 0.4) is 0 Å². The van der Waals surface area contributed by atoms with E-state index in [1.54, 1.807) is 0 Å². The molecule has 4 heteroatoms. The van der Waals surface area contributed by atoms with Crippen LogP contribution in [-0.4, -0.2) is 17.4 Å². The van der Waals surface area contributed by atoms with Gasteiger partial charge < -0.3 is 10.2 Å². The van der Waals surface area contributed by atoms with E-state index in [9.17, 15) is 0 Å². The molecule has 1 heterocycles. The average Bonchev–Trinajstić information content (AvgIpc) is 2.15. The summed E-state index contributed by atoms with van der Waals surface area (Å²) in [4.78, 5) is 2.81. The van der Waals surface area contributed by atoms with Crippen molar-refractivity contribution in [2.45, 2.75) is 5.37 Å². The summed E-state index contributed by atoms with van der Waals surface area (Å²) in [6, 6.07) is 8.05. The lowest BCUT2D eigenvalue weighted by Crippen LogP contribution is -2.41. The van der Waals surface area contributed by atoms with Crippen LogP contribution in [0.1, 0.15) is 0 Å². The van der Waals surface area contributed by atoms with Gasteiger partial charge in [-0.2, -0.15) is 0 Å². The Balaban J connectivity index is 2.49. The lowest BCUT2D eigenvalue weighted by atomic mass is 10.2. The van der Waals surface area contributed by atoms with E-state index in [-0.39, 0.29) is 5.37 Å². The number of thiocarbonyl (C=S) groups is 1. The van der Waals surface area contributed by atoms with Gasteiger partial charge in [0.05, 0.1) is 11.4 Å². The minimum atomic E-state index is -0.0232. The Hall–Kier alpha value is -0.740. The molecule has 0 radical (unpaired) electrons. The Bertz CT molecular complexity index is 351. The highest BCUT2D eigenvalue weighted by atomic mass is 32.1. The molecule has 1 unspecified atom stereocenters. The largest absolute Gasteiger partial charge is 0.355 e. The second-order valence-electron chi connectivity index (χ2n) is 2.99. The lowest BCUT2D eigenvalue weighted by Gasteiger charge is -2.34. The van der Waals surface area contributed by atoms with Crippen LogP contribution in [-0.2, 0) is 0 Å². The van der Waals surface area contributed by atoms with E-state index >= 15 is 0 Å². The third kappa shape index (κ3) is 1.40. The van der Waals surface area contributed by atoms with E-state index in [1.165, 1.54) is 0 Å². The zero-order valence-corrected chi connectivity index (χ0v) is 8.90. The Kier molecular flexibility index (Phi) is 2.17. The maximum atomic E-state index is 5.15. The van der Waals surface area contributed by atoms with Crippen molar-refractivity contribution in [1.82, 2.24) is 0 Å². The van der Waals surface area contributed by atoms with Crippen molar-refractivity contribution in [3.05, 3.63) is 24.3 Å². The van der Waals surface area contributed by atoms with Gasteiger partial charge in [-0.05, 0) is 12.1 Å². The molecule has 1 N–H and O–H groups in total. The second kappa shape index (κ2) is 3.20. The minimum absolute atomic E-state index is 0.0232. The van der Waals surface area contributed by atoms with E-state index in [0.717, 1.165) is 16.4 Å². The predicted molar refractivity (Wildman–Crippen MR) is 63.8 cm³/mol. The number of hydrogen-bond acceptors (Lipinski definition) is 3. The standard InChI is InChI=1S/C9H10N2S2/c1-11-7-5-3-2-4-6(7)10-8(12)9(11)13/h2-5,9,13H,1H3,(H,10,12). The van der Waals surface area contributed by atoms with Crippen molar-refractivity contribution in [1.29, 1.82) is 0 Å². The second-order valence-corrected chi connectivity index (χ2v) is 3.92. The van der Waals surface area contributed by atoms with Crippen molar-refractivity contribution in [2.24, 2.45) is 0 Å². The molecule has 0 saturated heterocycles. The summed E-state index contributed by atoms with van der Waals surface area (Å²) < 4.78 is 0. The number of benzene rings is 1. The van der Waals surface area contributed by atoms with Crippen LogP contribution in [0.2, 0.25) is 0 Å². The molecule has 1 aliphatic rings. The van der Waals surface area contributed by atoms with Crippen molar-refractivity contribution >= 4 is 41.2 Å². The molecule has 1 aromatic carbocycles.